The van der Waals surface area contributed by atoms with Gasteiger partial charge in [-0.2, -0.15) is 0 Å². The van der Waals surface area contributed by atoms with Crippen molar-refractivity contribution in [3.8, 4) is 17.6 Å². The maximum Gasteiger partial charge on any atom is 0.293 e. The van der Waals surface area contributed by atoms with Crippen molar-refractivity contribution in [2.75, 3.05) is 0 Å². The fourth-order valence-electron chi connectivity index (χ4n) is 1.06. The van der Waals surface area contributed by atoms with E-state index in [1.54, 1.807) is 0 Å². The second-order valence-corrected chi connectivity index (χ2v) is 2.92. The Morgan fingerprint density at radius 2 is 2.18 bits per heavy atom. The summed E-state index contributed by atoms with van der Waals surface area (Å²) < 4.78 is 0. The Kier molecular flexibility index (Phi) is 3.41. The molecule has 1 amide bonds. The first-order valence-corrected chi connectivity index (χ1v) is 4.23. The van der Waals surface area contributed by atoms with Crippen LogP contribution in [-0.4, -0.2) is 22.2 Å². The Balaban J connectivity index is 3.44. The number of aromatic hydroxyl groups is 1. The molecule has 7 heteroatoms. The Hall–Kier alpha value is -2.88. The van der Waals surface area contributed by atoms with Crippen LogP contribution in [0.4, 0.5) is 5.69 Å². The van der Waals surface area contributed by atoms with Crippen LogP contribution in [0.2, 0.25) is 0 Å². The van der Waals surface area contributed by atoms with E-state index in [1.807, 2.05) is 5.92 Å². The number of amides is 1. The number of rotatable bonds is 2. The number of phenols is 1. The number of phenolic OH excluding ortho intramolecular Hbond substituents is 1. The van der Waals surface area contributed by atoms with Gasteiger partial charge in [-0.1, -0.05) is 5.92 Å². The van der Waals surface area contributed by atoms with E-state index in [0.29, 0.717) is 0 Å². The number of carbonyl (C=O) groups excluding carboxylic acids is 2. The maximum absolute atomic E-state index is 10.6. The summed E-state index contributed by atoms with van der Waals surface area (Å²) in [6.07, 6.45) is 0.248. The van der Waals surface area contributed by atoms with Gasteiger partial charge in [0.05, 0.1) is 16.1 Å². The lowest BCUT2D eigenvalue weighted by molar-refractivity contribution is -0.384. The van der Waals surface area contributed by atoms with Gasteiger partial charge in [0.1, 0.15) is 5.75 Å². The Morgan fingerprint density at radius 3 is 2.65 bits per heavy atom. The molecule has 1 rings (SSSR count). The molecular weight excluding hydrogens is 228 g/mol. The number of non-ortho nitro benzene ring substituents is 1. The number of benzene rings is 1. The van der Waals surface area contributed by atoms with E-state index in [4.69, 9.17) is 5.73 Å². The molecule has 1 aromatic carbocycles. The molecular formula is C10H6N2O5. The number of nitrogens with zero attached hydrogens (tertiary/aromatic N) is 1. The summed E-state index contributed by atoms with van der Waals surface area (Å²) in [5.74, 6) is 2.57. The smallest absolute Gasteiger partial charge is 0.293 e. The molecule has 0 saturated heterocycles. The number of hydrogen-bond donors (Lipinski definition) is 2. The summed E-state index contributed by atoms with van der Waals surface area (Å²) in [5, 5.41) is 20.0. The van der Waals surface area contributed by atoms with Gasteiger partial charge in [0.15, 0.2) is 6.29 Å². The zero-order chi connectivity index (χ0) is 13.0. The van der Waals surface area contributed by atoms with Crippen LogP contribution in [0, 0.1) is 22.0 Å². The number of nitrogens with two attached hydrogens (primary N) is 1. The lowest BCUT2D eigenvalue weighted by atomic mass is 10.1. The third kappa shape index (κ3) is 2.79. The minimum Gasteiger partial charge on any atom is -0.506 e. The van der Waals surface area contributed by atoms with Crippen molar-refractivity contribution >= 4 is 17.9 Å². The number of aldehydes is 1. The predicted molar refractivity (Wildman–Crippen MR) is 56.2 cm³/mol. The summed E-state index contributed by atoms with van der Waals surface area (Å²) in [7, 11) is 0. The molecule has 0 aromatic heterocycles. The van der Waals surface area contributed by atoms with Gasteiger partial charge in [-0.05, 0) is 0 Å². The van der Waals surface area contributed by atoms with E-state index < -0.39 is 22.3 Å². The van der Waals surface area contributed by atoms with Gasteiger partial charge in [0, 0.05) is 18.1 Å². The number of nitro groups is 1. The van der Waals surface area contributed by atoms with Gasteiger partial charge in [0.2, 0.25) is 0 Å². The Bertz CT molecular complexity index is 568. The molecule has 0 aliphatic rings. The molecule has 0 aliphatic heterocycles. The van der Waals surface area contributed by atoms with E-state index in [0.717, 1.165) is 12.1 Å². The van der Waals surface area contributed by atoms with Crippen LogP contribution in [0.5, 0.6) is 5.75 Å². The van der Waals surface area contributed by atoms with Crippen molar-refractivity contribution in [1.29, 1.82) is 0 Å². The van der Waals surface area contributed by atoms with Crippen LogP contribution in [0.1, 0.15) is 15.9 Å². The van der Waals surface area contributed by atoms with Crippen LogP contribution >= 0.6 is 0 Å². The highest BCUT2D eigenvalue weighted by atomic mass is 16.6. The quantitative estimate of drug-likeness (QED) is 0.321. The van der Waals surface area contributed by atoms with E-state index in [1.165, 1.54) is 0 Å². The molecule has 0 bridgehead atoms. The first kappa shape index (κ1) is 12.2. The lowest BCUT2D eigenvalue weighted by Gasteiger charge is -2.00. The van der Waals surface area contributed by atoms with Gasteiger partial charge in [-0.25, -0.2) is 0 Å². The Labute approximate surface area is 95.0 Å². The van der Waals surface area contributed by atoms with Crippen LogP contribution < -0.4 is 5.73 Å². The number of hydrogen-bond acceptors (Lipinski definition) is 5. The second-order valence-electron chi connectivity index (χ2n) is 2.92. The van der Waals surface area contributed by atoms with Gasteiger partial charge >= 0.3 is 0 Å². The molecule has 3 N–H and O–H groups in total. The monoisotopic (exact) mass is 234 g/mol. The van der Waals surface area contributed by atoms with Crippen LogP contribution in [-0.2, 0) is 4.79 Å². The molecule has 0 aliphatic carbocycles. The van der Waals surface area contributed by atoms with E-state index in [-0.39, 0.29) is 17.4 Å². The average molecular weight is 234 g/mol. The zero-order valence-corrected chi connectivity index (χ0v) is 8.34. The van der Waals surface area contributed by atoms with Gasteiger partial charge in [0.25, 0.3) is 11.6 Å². The zero-order valence-electron chi connectivity index (χ0n) is 8.34. The SMILES string of the molecule is NC(=O)C#Cc1cc([N+](=O)[O-])cc(C=O)c1O. The Morgan fingerprint density at radius 1 is 1.53 bits per heavy atom. The molecule has 1 aromatic rings. The summed E-state index contributed by atoms with van der Waals surface area (Å²) in [6.45, 7) is 0. The van der Waals surface area contributed by atoms with Crippen LogP contribution in [0.15, 0.2) is 12.1 Å². The number of nitro benzene ring substituents is 1. The third-order valence-electron chi connectivity index (χ3n) is 1.78. The molecule has 0 fully saturated rings. The highest BCUT2D eigenvalue weighted by molar-refractivity contribution is 5.93. The van der Waals surface area contributed by atoms with Crippen molar-refractivity contribution in [3.05, 3.63) is 33.4 Å². The lowest BCUT2D eigenvalue weighted by Crippen LogP contribution is -2.06. The van der Waals surface area contributed by atoms with Crippen molar-refractivity contribution in [3.63, 3.8) is 0 Å². The number of primary amides is 1. The molecule has 86 valence electrons. The van der Waals surface area contributed by atoms with Crippen molar-refractivity contribution in [1.82, 2.24) is 0 Å². The standard InChI is InChI=1S/C10H6N2O5/c11-9(14)2-1-6-3-8(12(16)17)4-7(5-13)10(6)15/h3-5,15H,(H2,11,14). The minimum atomic E-state index is -0.955. The molecule has 17 heavy (non-hydrogen) atoms. The van der Waals surface area contributed by atoms with E-state index >= 15 is 0 Å². The van der Waals surface area contributed by atoms with E-state index in [2.05, 4.69) is 5.92 Å². The number of carbonyl (C=O) groups is 2. The normalized spacial score (nSPS) is 8.94. The molecule has 0 radical (unpaired) electrons. The molecule has 0 heterocycles. The molecule has 0 unspecified atom stereocenters. The topological polar surface area (TPSA) is 124 Å². The highest BCUT2D eigenvalue weighted by Gasteiger charge is 2.14. The maximum atomic E-state index is 10.6. The average Bonchev–Trinajstić information content (AvgIpc) is 2.27. The van der Waals surface area contributed by atoms with Crippen molar-refractivity contribution in [2.45, 2.75) is 0 Å². The van der Waals surface area contributed by atoms with Gasteiger partial charge in [-0.3, -0.25) is 19.7 Å². The second kappa shape index (κ2) is 4.76. The first-order chi connectivity index (χ1) is 7.95. The van der Waals surface area contributed by atoms with Gasteiger partial charge < -0.3 is 10.8 Å². The summed E-state index contributed by atoms with van der Waals surface area (Å²) in [6, 6.07) is 1.84. The van der Waals surface area contributed by atoms with Crippen molar-refractivity contribution < 1.29 is 19.6 Å². The predicted octanol–water partition coefficient (Wildman–Crippen LogP) is -0.0503. The van der Waals surface area contributed by atoms with Crippen molar-refractivity contribution in [2.24, 2.45) is 5.73 Å². The van der Waals surface area contributed by atoms with Crippen LogP contribution in [0.3, 0.4) is 0 Å². The largest absolute Gasteiger partial charge is 0.506 e. The molecule has 0 saturated carbocycles. The highest BCUT2D eigenvalue weighted by Crippen LogP contribution is 2.26. The third-order valence-corrected chi connectivity index (χ3v) is 1.78. The molecule has 0 atom stereocenters. The molecule has 0 spiro atoms. The van der Waals surface area contributed by atoms with Gasteiger partial charge in [-0.15, -0.1) is 0 Å². The molecule has 7 nitrogen and oxygen atoms in total. The van der Waals surface area contributed by atoms with E-state index in [9.17, 15) is 24.8 Å². The summed E-state index contributed by atoms with van der Waals surface area (Å²) in [4.78, 5) is 30.8. The summed E-state index contributed by atoms with van der Waals surface area (Å²) >= 11 is 0. The first-order valence-electron chi connectivity index (χ1n) is 4.23. The fourth-order valence-corrected chi connectivity index (χ4v) is 1.06. The van der Waals surface area contributed by atoms with Crippen LogP contribution in [0.25, 0.3) is 0 Å². The fraction of sp³-hybridized carbons (Fsp3) is 0. The minimum absolute atomic E-state index is 0.208. The summed E-state index contributed by atoms with van der Waals surface area (Å²) in [5.41, 5.74) is 3.85.